The minimum absolute atomic E-state index is 0.0560. The lowest BCUT2D eigenvalue weighted by atomic mass is 9.88. The molecule has 0 saturated heterocycles. The number of hydrogen-bond acceptors (Lipinski definition) is 3. The van der Waals surface area contributed by atoms with Gasteiger partial charge in [-0.05, 0) is 49.1 Å². The molecule has 2 N–H and O–H groups in total. The van der Waals surface area contributed by atoms with E-state index in [9.17, 15) is 9.59 Å². The first kappa shape index (κ1) is 15.8. The molecule has 124 valence electrons. The van der Waals surface area contributed by atoms with E-state index in [1.165, 1.54) is 12.8 Å². The second-order valence-electron chi connectivity index (χ2n) is 6.57. The summed E-state index contributed by atoms with van der Waals surface area (Å²) in [4.78, 5) is 24.0. The van der Waals surface area contributed by atoms with Crippen LogP contribution in [-0.4, -0.2) is 18.4 Å². The Kier molecular flexibility index (Phi) is 4.84. The van der Waals surface area contributed by atoms with Gasteiger partial charge in [-0.1, -0.05) is 31.5 Å². The molecule has 0 aromatic heterocycles. The summed E-state index contributed by atoms with van der Waals surface area (Å²) in [5, 5.41) is 0. The first-order chi connectivity index (χ1) is 11.2. The summed E-state index contributed by atoms with van der Waals surface area (Å²) in [6.07, 6.45) is 5.38. The maximum absolute atomic E-state index is 12.1. The molecule has 5 heteroatoms. The van der Waals surface area contributed by atoms with Gasteiger partial charge in [0.15, 0.2) is 6.61 Å². The maximum Gasteiger partial charge on any atom is 0.276 e. The summed E-state index contributed by atoms with van der Waals surface area (Å²) in [7, 11) is 0. The van der Waals surface area contributed by atoms with Crippen LogP contribution in [-0.2, 0) is 16.0 Å². The van der Waals surface area contributed by atoms with E-state index in [1.54, 1.807) is 0 Å². The van der Waals surface area contributed by atoms with Crippen LogP contribution in [0.5, 0.6) is 5.75 Å². The van der Waals surface area contributed by atoms with Crippen molar-refractivity contribution >= 4 is 11.8 Å². The van der Waals surface area contributed by atoms with Crippen molar-refractivity contribution in [2.24, 2.45) is 17.8 Å². The second-order valence-corrected chi connectivity index (χ2v) is 6.57. The predicted octanol–water partition coefficient (Wildman–Crippen LogP) is 2.21. The average Bonchev–Trinajstić information content (AvgIpc) is 3.21. The molecule has 2 bridgehead atoms. The number of nitrogens with one attached hydrogen (secondary N) is 2. The molecule has 2 aliphatic rings. The summed E-state index contributed by atoms with van der Waals surface area (Å²) in [5.41, 5.74) is 6.08. The Hall–Kier alpha value is -2.04. The number of ether oxygens (including phenoxy) is 1. The normalized spacial score (nSPS) is 25.2. The van der Waals surface area contributed by atoms with E-state index < -0.39 is 0 Å². The van der Waals surface area contributed by atoms with Gasteiger partial charge >= 0.3 is 0 Å². The molecule has 1 aromatic rings. The molecule has 0 radical (unpaired) electrons. The van der Waals surface area contributed by atoms with Crippen LogP contribution in [0, 0.1) is 17.8 Å². The minimum atomic E-state index is -0.340. The fourth-order valence-electron chi connectivity index (χ4n) is 3.91. The number of rotatable bonds is 5. The molecule has 0 spiro atoms. The first-order valence-corrected chi connectivity index (χ1v) is 8.46. The van der Waals surface area contributed by atoms with Crippen molar-refractivity contribution in [3.63, 3.8) is 0 Å². The van der Waals surface area contributed by atoms with Crippen molar-refractivity contribution in [1.82, 2.24) is 10.9 Å². The zero-order valence-corrected chi connectivity index (χ0v) is 13.5. The van der Waals surface area contributed by atoms with E-state index in [1.807, 2.05) is 31.2 Å². The van der Waals surface area contributed by atoms with E-state index in [0.717, 1.165) is 24.8 Å². The molecular formula is C18H24N2O3. The average molecular weight is 316 g/mol. The van der Waals surface area contributed by atoms with Crippen LogP contribution in [0.2, 0.25) is 0 Å². The lowest BCUT2D eigenvalue weighted by Crippen LogP contribution is -2.47. The number of fused-ring (bicyclic) bond motifs is 2. The molecular weight excluding hydrogens is 292 g/mol. The van der Waals surface area contributed by atoms with Gasteiger partial charge in [-0.25, -0.2) is 0 Å². The van der Waals surface area contributed by atoms with E-state index in [4.69, 9.17) is 4.74 Å². The topological polar surface area (TPSA) is 67.4 Å². The quantitative estimate of drug-likeness (QED) is 0.819. The van der Waals surface area contributed by atoms with Gasteiger partial charge in [0.1, 0.15) is 5.75 Å². The summed E-state index contributed by atoms with van der Waals surface area (Å²) in [6, 6.07) is 7.65. The number of amides is 2. The monoisotopic (exact) mass is 316 g/mol. The maximum atomic E-state index is 12.1. The van der Waals surface area contributed by atoms with Crippen LogP contribution in [0.3, 0.4) is 0 Å². The smallest absolute Gasteiger partial charge is 0.276 e. The van der Waals surface area contributed by atoms with Crippen molar-refractivity contribution in [2.75, 3.05) is 6.61 Å². The number of hydrazine groups is 1. The largest absolute Gasteiger partial charge is 0.483 e. The Labute approximate surface area is 136 Å². The molecule has 0 aliphatic heterocycles. The Morgan fingerprint density at radius 2 is 2.00 bits per heavy atom. The number of aryl methyl sites for hydroxylation is 1. The zero-order chi connectivity index (χ0) is 16.2. The Bertz CT molecular complexity index is 587. The molecule has 3 rings (SSSR count). The van der Waals surface area contributed by atoms with Crippen LogP contribution < -0.4 is 15.6 Å². The predicted molar refractivity (Wildman–Crippen MR) is 86.5 cm³/mol. The SMILES string of the molecule is CCc1ccccc1OCC(=O)NNC(=O)C1CC2CCC1C2. The van der Waals surface area contributed by atoms with Crippen LogP contribution in [0.25, 0.3) is 0 Å². The third kappa shape index (κ3) is 3.66. The molecule has 23 heavy (non-hydrogen) atoms. The van der Waals surface area contributed by atoms with Crippen molar-refractivity contribution < 1.29 is 14.3 Å². The number of hydrogen-bond donors (Lipinski definition) is 2. The summed E-state index contributed by atoms with van der Waals surface area (Å²) < 4.78 is 5.53. The van der Waals surface area contributed by atoms with E-state index in [2.05, 4.69) is 10.9 Å². The van der Waals surface area contributed by atoms with E-state index in [0.29, 0.717) is 17.6 Å². The highest BCUT2D eigenvalue weighted by Gasteiger charge is 2.43. The highest BCUT2D eigenvalue weighted by Crippen LogP contribution is 2.48. The fraction of sp³-hybridized carbons (Fsp3) is 0.556. The van der Waals surface area contributed by atoms with Crippen molar-refractivity contribution in [1.29, 1.82) is 0 Å². The number of carbonyl (C=O) groups is 2. The Morgan fingerprint density at radius 3 is 2.70 bits per heavy atom. The number of para-hydroxylation sites is 1. The van der Waals surface area contributed by atoms with Gasteiger partial charge in [-0.15, -0.1) is 0 Å². The number of benzene rings is 1. The standard InChI is InChI=1S/C18H24N2O3/c1-2-13-5-3-4-6-16(13)23-11-17(21)19-20-18(22)15-10-12-7-8-14(15)9-12/h3-6,12,14-15H,2,7-11H2,1H3,(H,19,21)(H,20,22). The van der Waals surface area contributed by atoms with Crippen LogP contribution in [0.4, 0.5) is 0 Å². The van der Waals surface area contributed by atoms with Gasteiger partial charge in [0.25, 0.3) is 5.91 Å². The molecule has 5 nitrogen and oxygen atoms in total. The van der Waals surface area contributed by atoms with Gasteiger partial charge in [0.05, 0.1) is 0 Å². The molecule has 2 saturated carbocycles. The molecule has 2 amide bonds. The Balaban J connectivity index is 1.42. The minimum Gasteiger partial charge on any atom is -0.483 e. The van der Waals surface area contributed by atoms with E-state index in [-0.39, 0.29) is 24.3 Å². The van der Waals surface area contributed by atoms with Crippen LogP contribution in [0.1, 0.15) is 38.2 Å². The summed E-state index contributed by atoms with van der Waals surface area (Å²) in [5.74, 6) is 1.59. The van der Waals surface area contributed by atoms with Gasteiger partial charge in [0.2, 0.25) is 5.91 Å². The highest BCUT2D eigenvalue weighted by molar-refractivity contribution is 5.84. The van der Waals surface area contributed by atoms with E-state index >= 15 is 0 Å². The van der Waals surface area contributed by atoms with Gasteiger partial charge in [-0.3, -0.25) is 20.4 Å². The molecule has 2 aliphatic carbocycles. The van der Waals surface area contributed by atoms with Crippen LogP contribution in [0.15, 0.2) is 24.3 Å². The lowest BCUT2D eigenvalue weighted by Gasteiger charge is -2.20. The molecule has 3 unspecified atom stereocenters. The molecule has 1 aromatic carbocycles. The fourth-order valence-corrected chi connectivity index (χ4v) is 3.91. The second kappa shape index (κ2) is 7.02. The van der Waals surface area contributed by atoms with Gasteiger partial charge in [-0.2, -0.15) is 0 Å². The molecule has 2 fully saturated rings. The third-order valence-electron chi connectivity index (χ3n) is 5.11. The number of carbonyl (C=O) groups excluding carboxylic acids is 2. The van der Waals surface area contributed by atoms with Gasteiger partial charge in [0, 0.05) is 5.92 Å². The van der Waals surface area contributed by atoms with Crippen molar-refractivity contribution in [3.8, 4) is 5.75 Å². The van der Waals surface area contributed by atoms with Crippen LogP contribution >= 0.6 is 0 Å². The third-order valence-corrected chi connectivity index (χ3v) is 5.11. The molecule has 3 atom stereocenters. The summed E-state index contributed by atoms with van der Waals surface area (Å²) in [6.45, 7) is 1.94. The zero-order valence-electron chi connectivity index (χ0n) is 13.5. The first-order valence-electron chi connectivity index (χ1n) is 8.46. The Morgan fingerprint density at radius 1 is 1.17 bits per heavy atom. The van der Waals surface area contributed by atoms with Crippen molar-refractivity contribution in [2.45, 2.75) is 39.0 Å². The summed E-state index contributed by atoms with van der Waals surface area (Å²) >= 11 is 0. The lowest BCUT2D eigenvalue weighted by molar-refractivity contribution is -0.133. The van der Waals surface area contributed by atoms with Crippen molar-refractivity contribution in [3.05, 3.63) is 29.8 Å². The van der Waals surface area contributed by atoms with Gasteiger partial charge < -0.3 is 4.74 Å². The molecule has 0 heterocycles. The highest BCUT2D eigenvalue weighted by atomic mass is 16.5.